The van der Waals surface area contributed by atoms with Crippen LogP contribution in [-0.4, -0.2) is 12.5 Å². The molecule has 0 aliphatic carbocycles. The summed E-state index contributed by atoms with van der Waals surface area (Å²) in [6.07, 6.45) is 2.87. The highest BCUT2D eigenvalue weighted by Crippen LogP contribution is 2.21. The third-order valence-corrected chi connectivity index (χ3v) is 2.64. The number of carbonyl (C=O) groups excluding carboxylic acids is 1. The Morgan fingerprint density at radius 3 is 2.86 bits per heavy atom. The zero-order valence-corrected chi connectivity index (χ0v) is 8.49. The number of rotatable bonds is 1. The van der Waals surface area contributed by atoms with Crippen LogP contribution < -0.4 is 4.90 Å². The quantitative estimate of drug-likeness (QED) is 0.664. The van der Waals surface area contributed by atoms with Crippen LogP contribution in [0.1, 0.15) is 24.8 Å². The Morgan fingerprint density at radius 2 is 2.14 bits per heavy atom. The lowest BCUT2D eigenvalue weighted by atomic mass is 10.1. The molecule has 2 heteroatoms. The molecule has 74 valence electrons. The number of benzene rings is 1. The third-order valence-electron chi connectivity index (χ3n) is 2.64. The number of carbonyl (C=O) groups is 1. The van der Waals surface area contributed by atoms with Crippen LogP contribution in [0.25, 0.3) is 0 Å². The lowest BCUT2D eigenvalue weighted by molar-refractivity contribution is -0.119. The fourth-order valence-corrected chi connectivity index (χ4v) is 1.87. The molecule has 1 saturated heterocycles. The van der Waals surface area contributed by atoms with Crippen molar-refractivity contribution in [1.29, 1.82) is 0 Å². The van der Waals surface area contributed by atoms with E-state index in [0.29, 0.717) is 6.42 Å². The van der Waals surface area contributed by atoms with E-state index in [0.717, 1.165) is 25.1 Å². The highest BCUT2D eigenvalue weighted by atomic mass is 16.2. The van der Waals surface area contributed by atoms with Gasteiger partial charge in [0.25, 0.3) is 0 Å². The van der Waals surface area contributed by atoms with Crippen molar-refractivity contribution < 1.29 is 4.79 Å². The number of hydrogen-bond acceptors (Lipinski definition) is 1. The molecule has 0 aromatic heterocycles. The minimum Gasteiger partial charge on any atom is -0.312 e. The molecule has 14 heavy (non-hydrogen) atoms. The molecule has 1 aromatic carbocycles. The summed E-state index contributed by atoms with van der Waals surface area (Å²) < 4.78 is 0. The standard InChI is InChI=1S/C12H15NO/c1-10-5-4-6-11(9-10)13-8-3-2-7-12(13)14/h4-6,9H,2-3,7-8H2,1H3. The molecule has 0 spiro atoms. The molecule has 1 fully saturated rings. The van der Waals surface area contributed by atoms with Crippen molar-refractivity contribution in [2.75, 3.05) is 11.4 Å². The summed E-state index contributed by atoms with van der Waals surface area (Å²) in [5.41, 5.74) is 2.26. The van der Waals surface area contributed by atoms with Gasteiger partial charge in [-0.25, -0.2) is 0 Å². The molecule has 0 unspecified atom stereocenters. The summed E-state index contributed by atoms with van der Waals surface area (Å²) in [4.78, 5) is 13.5. The molecule has 1 aliphatic heterocycles. The van der Waals surface area contributed by atoms with Crippen molar-refractivity contribution in [2.24, 2.45) is 0 Å². The van der Waals surface area contributed by atoms with Crippen molar-refractivity contribution in [2.45, 2.75) is 26.2 Å². The Morgan fingerprint density at radius 1 is 1.29 bits per heavy atom. The average Bonchev–Trinajstić information content (AvgIpc) is 2.18. The molecule has 0 radical (unpaired) electrons. The number of piperidine rings is 1. The second-order valence-electron chi connectivity index (χ2n) is 3.84. The van der Waals surface area contributed by atoms with Gasteiger partial charge in [0.2, 0.25) is 5.91 Å². The van der Waals surface area contributed by atoms with Crippen LogP contribution >= 0.6 is 0 Å². The van der Waals surface area contributed by atoms with Crippen molar-refractivity contribution in [3.63, 3.8) is 0 Å². The number of anilines is 1. The van der Waals surface area contributed by atoms with Gasteiger partial charge in [0.1, 0.15) is 0 Å². The Bertz CT molecular complexity index is 346. The summed E-state index contributed by atoms with van der Waals surface area (Å²) >= 11 is 0. The average molecular weight is 189 g/mol. The predicted octanol–water partition coefficient (Wildman–Crippen LogP) is 2.51. The van der Waals surface area contributed by atoms with Crippen molar-refractivity contribution in [3.05, 3.63) is 29.8 Å². The Balaban J connectivity index is 2.24. The van der Waals surface area contributed by atoms with E-state index in [1.807, 2.05) is 17.0 Å². The third kappa shape index (κ3) is 1.79. The van der Waals surface area contributed by atoms with Gasteiger partial charge in [-0.05, 0) is 37.5 Å². The van der Waals surface area contributed by atoms with Crippen LogP contribution in [0.2, 0.25) is 0 Å². The van der Waals surface area contributed by atoms with Gasteiger partial charge in [0, 0.05) is 18.7 Å². The molecule has 1 aromatic rings. The van der Waals surface area contributed by atoms with Gasteiger partial charge in [-0.2, -0.15) is 0 Å². The van der Waals surface area contributed by atoms with E-state index in [-0.39, 0.29) is 5.91 Å². The van der Waals surface area contributed by atoms with E-state index in [4.69, 9.17) is 0 Å². The largest absolute Gasteiger partial charge is 0.312 e. The number of amides is 1. The van der Waals surface area contributed by atoms with E-state index in [2.05, 4.69) is 19.1 Å². The first kappa shape index (κ1) is 9.25. The van der Waals surface area contributed by atoms with Gasteiger partial charge in [0.15, 0.2) is 0 Å². The van der Waals surface area contributed by atoms with Crippen LogP contribution in [0.4, 0.5) is 5.69 Å². The molecular formula is C12H15NO. The summed E-state index contributed by atoms with van der Waals surface area (Å²) in [7, 11) is 0. The van der Waals surface area contributed by atoms with Crippen molar-refractivity contribution in [3.8, 4) is 0 Å². The number of hydrogen-bond donors (Lipinski definition) is 0. The number of aryl methyl sites for hydroxylation is 1. The van der Waals surface area contributed by atoms with Crippen molar-refractivity contribution in [1.82, 2.24) is 0 Å². The molecule has 0 saturated carbocycles. The Labute approximate surface area is 84.5 Å². The molecule has 1 heterocycles. The minimum atomic E-state index is 0.266. The van der Waals surface area contributed by atoms with Gasteiger partial charge < -0.3 is 4.90 Å². The molecule has 2 rings (SSSR count). The first-order chi connectivity index (χ1) is 6.77. The van der Waals surface area contributed by atoms with Gasteiger partial charge in [-0.1, -0.05) is 12.1 Å². The van der Waals surface area contributed by atoms with Crippen LogP contribution in [0, 0.1) is 6.92 Å². The Hall–Kier alpha value is -1.31. The van der Waals surface area contributed by atoms with E-state index < -0.39 is 0 Å². The van der Waals surface area contributed by atoms with Gasteiger partial charge in [0.05, 0.1) is 0 Å². The summed E-state index contributed by atoms with van der Waals surface area (Å²) in [6.45, 7) is 2.93. The number of nitrogens with zero attached hydrogens (tertiary/aromatic N) is 1. The summed E-state index contributed by atoms with van der Waals surface area (Å²) in [5.74, 6) is 0.266. The van der Waals surface area contributed by atoms with Gasteiger partial charge in [-0.3, -0.25) is 4.79 Å². The normalized spacial score (nSPS) is 17.2. The maximum atomic E-state index is 11.6. The molecule has 1 aliphatic rings. The predicted molar refractivity (Wildman–Crippen MR) is 57.4 cm³/mol. The van der Waals surface area contributed by atoms with Gasteiger partial charge >= 0.3 is 0 Å². The molecule has 0 atom stereocenters. The van der Waals surface area contributed by atoms with Crippen LogP contribution in [-0.2, 0) is 4.79 Å². The van der Waals surface area contributed by atoms with Crippen LogP contribution in [0.15, 0.2) is 24.3 Å². The molecule has 2 nitrogen and oxygen atoms in total. The topological polar surface area (TPSA) is 20.3 Å². The molecule has 1 amide bonds. The van der Waals surface area contributed by atoms with E-state index >= 15 is 0 Å². The van der Waals surface area contributed by atoms with Gasteiger partial charge in [-0.15, -0.1) is 0 Å². The summed E-state index contributed by atoms with van der Waals surface area (Å²) in [6, 6.07) is 8.14. The minimum absolute atomic E-state index is 0.266. The van der Waals surface area contributed by atoms with Crippen LogP contribution in [0.5, 0.6) is 0 Å². The fraction of sp³-hybridized carbons (Fsp3) is 0.417. The molecule has 0 bridgehead atoms. The SMILES string of the molecule is Cc1cccc(N2CCCCC2=O)c1. The van der Waals surface area contributed by atoms with Crippen molar-refractivity contribution >= 4 is 11.6 Å². The highest BCUT2D eigenvalue weighted by Gasteiger charge is 2.18. The zero-order chi connectivity index (χ0) is 9.97. The smallest absolute Gasteiger partial charge is 0.226 e. The molecular weight excluding hydrogens is 174 g/mol. The molecule has 0 N–H and O–H groups in total. The van der Waals surface area contributed by atoms with E-state index in [1.54, 1.807) is 0 Å². The maximum absolute atomic E-state index is 11.6. The Kier molecular flexibility index (Phi) is 2.53. The highest BCUT2D eigenvalue weighted by molar-refractivity contribution is 5.94. The fourth-order valence-electron chi connectivity index (χ4n) is 1.87. The zero-order valence-electron chi connectivity index (χ0n) is 8.49. The first-order valence-electron chi connectivity index (χ1n) is 5.14. The first-order valence-corrected chi connectivity index (χ1v) is 5.14. The maximum Gasteiger partial charge on any atom is 0.226 e. The monoisotopic (exact) mass is 189 g/mol. The lowest BCUT2D eigenvalue weighted by Crippen LogP contribution is -2.35. The lowest BCUT2D eigenvalue weighted by Gasteiger charge is -2.26. The van der Waals surface area contributed by atoms with E-state index in [9.17, 15) is 4.79 Å². The second kappa shape index (κ2) is 3.82. The van der Waals surface area contributed by atoms with E-state index in [1.165, 1.54) is 5.56 Å². The van der Waals surface area contributed by atoms with Crippen LogP contribution in [0.3, 0.4) is 0 Å². The summed E-state index contributed by atoms with van der Waals surface area (Å²) in [5, 5.41) is 0. The second-order valence-corrected chi connectivity index (χ2v) is 3.84.